The first-order valence-electron chi connectivity index (χ1n) is 8.54. The number of oxazole rings is 1. The van der Waals surface area contributed by atoms with Crippen LogP contribution in [-0.4, -0.2) is 11.0 Å². The first kappa shape index (κ1) is 15.0. The summed E-state index contributed by atoms with van der Waals surface area (Å²) in [5.41, 5.74) is 5.03. The molecule has 3 nitrogen and oxygen atoms in total. The third-order valence-electron chi connectivity index (χ3n) is 4.80. The second-order valence-corrected chi connectivity index (χ2v) is 6.58. The van der Waals surface area contributed by atoms with Crippen LogP contribution < -0.4 is 4.90 Å². The van der Waals surface area contributed by atoms with Crippen molar-refractivity contribution in [2.24, 2.45) is 0 Å². The van der Waals surface area contributed by atoms with Crippen molar-refractivity contribution in [1.29, 1.82) is 0 Å². The van der Waals surface area contributed by atoms with E-state index in [0.29, 0.717) is 6.04 Å². The van der Waals surface area contributed by atoms with Gasteiger partial charge >= 0.3 is 0 Å². The van der Waals surface area contributed by atoms with Crippen LogP contribution >= 0.6 is 0 Å². The molecule has 1 atom stereocenters. The van der Waals surface area contributed by atoms with Crippen molar-refractivity contribution in [3.05, 3.63) is 83.1 Å². The summed E-state index contributed by atoms with van der Waals surface area (Å²) in [6.45, 7) is 5.10. The molecule has 0 N–H and O–H groups in total. The SMILES string of the molecule is Cc1oc(Cc2ccccc2)nc1CN1c2ccccc2CC1C. The molecule has 4 rings (SSSR count). The van der Waals surface area contributed by atoms with Crippen LogP contribution in [0.4, 0.5) is 5.69 Å². The summed E-state index contributed by atoms with van der Waals surface area (Å²) in [6.07, 6.45) is 1.85. The number of fused-ring (bicyclic) bond motifs is 1. The molecule has 1 aliphatic rings. The van der Waals surface area contributed by atoms with Gasteiger partial charge in [0.2, 0.25) is 0 Å². The average Bonchev–Trinajstić information content (AvgIpc) is 3.09. The zero-order valence-electron chi connectivity index (χ0n) is 14.2. The number of hydrogen-bond acceptors (Lipinski definition) is 3. The second-order valence-electron chi connectivity index (χ2n) is 6.58. The number of hydrogen-bond donors (Lipinski definition) is 0. The van der Waals surface area contributed by atoms with Crippen LogP contribution in [0.5, 0.6) is 0 Å². The number of aryl methyl sites for hydroxylation is 1. The van der Waals surface area contributed by atoms with Gasteiger partial charge in [-0.3, -0.25) is 0 Å². The lowest BCUT2D eigenvalue weighted by molar-refractivity contribution is 0.480. The van der Waals surface area contributed by atoms with E-state index in [1.807, 2.05) is 13.0 Å². The fourth-order valence-electron chi connectivity index (χ4n) is 3.51. The van der Waals surface area contributed by atoms with Gasteiger partial charge in [-0.2, -0.15) is 0 Å². The zero-order chi connectivity index (χ0) is 16.5. The first-order valence-corrected chi connectivity index (χ1v) is 8.54. The average molecular weight is 318 g/mol. The number of anilines is 1. The number of nitrogens with zero attached hydrogens (tertiary/aromatic N) is 2. The van der Waals surface area contributed by atoms with Gasteiger partial charge in [-0.05, 0) is 37.5 Å². The van der Waals surface area contributed by atoms with Gasteiger partial charge < -0.3 is 9.32 Å². The van der Waals surface area contributed by atoms with Crippen molar-refractivity contribution in [1.82, 2.24) is 4.98 Å². The van der Waals surface area contributed by atoms with Crippen LogP contribution in [0.1, 0.15) is 35.4 Å². The Balaban J connectivity index is 1.55. The summed E-state index contributed by atoms with van der Waals surface area (Å²) in [4.78, 5) is 7.20. The van der Waals surface area contributed by atoms with Crippen LogP contribution in [0.15, 0.2) is 59.0 Å². The highest BCUT2D eigenvalue weighted by Gasteiger charge is 2.27. The van der Waals surface area contributed by atoms with E-state index in [4.69, 9.17) is 9.40 Å². The van der Waals surface area contributed by atoms with E-state index >= 15 is 0 Å². The van der Waals surface area contributed by atoms with E-state index in [1.165, 1.54) is 16.8 Å². The molecule has 0 aliphatic carbocycles. The molecular formula is C21H22N2O. The molecule has 24 heavy (non-hydrogen) atoms. The van der Waals surface area contributed by atoms with E-state index < -0.39 is 0 Å². The molecule has 2 heterocycles. The normalized spacial score (nSPS) is 16.4. The molecule has 3 heteroatoms. The number of para-hydroxylation sites is 1. The molecule has 0 saturated carbocycles. The summed E-state index contributed by atoms with van der Waals surface area (Å²) in [7, 11) is 0. The summed E-state index contributed by atoms with van der Waals surface area (Å²) in [6, 6.07) is 19.5. The third kappa shape index (κ3) is 2.82. The molecule has 0 saturated heterocycles. The van der Waals surface area contributed by atoms with Crippen LogP contribution in [0, 0.1) is 6.92 Å². The van der Waals surface area contributed by atoms with E-state index in [0.717, 1.165) is 36.7 Å². The van der Waals surface area contributed by atoms with E-state index in [1.54, 1.807) is 0 Å². The van der Waals surface area contributed by atoms with Crippen molar-refractivity contribution in [3.63, 3.8) is 0 Å². The third-order valence-corrected chi connectivity index (χ3v) is 4.80. The topological polar surface area (TPSA) is 29.3 Å². The molecule has 1 aromatic heterocycles. The molecule has 1 unspecified atom stereocenters. The van der Waals surface area contributed by atoms with Gasteiger partial charge in [0.05, 0.1) is 6.54 Å². The Kier molecular flexibility index (Phi) is 3.85. The molecule has 0 bridgehead atoms. The van der Waals surface area contributed by atoms with Gasteiger partial charge in [-0.15, -0.1) is 0 Å². The first-order chi connectivity index (χ1) is 11.7. The highest BCUT2D eigenvalue weighted by atomic mass is 16.4. The number of aromatic nitrogens is 1. The number of rotatable bonds is 4. The van der Waals surface area contributed by atoms with Crippen molar-refractivity contribution < 1.29 is 4.42 Å². The maximum atomic E-state index is 5.91. The summed E-state index contributed by atoms with van der Waals surface area (Å²) in [5.74, 6) is 1.73. The molecule has 2 aromatic carbocycles. The minimum Gasteiger partial charge on any atom is -0.445 e. The molecule has 1 aliphatic heterocycles. The minimum absolute atomic E-state index is 0.496. The predicted molar refractivity (Wildman–Crippen MR) is 96.3 cm³/mol. The molecule has 122 valence electrons. The summed E-state index contributed by atoms with van der Waals surface area (Å²) in [5, 5.41) is 0. The molecule has 0 amide bonds. The van der Waals surface area contributed by atoms with Crippen molar-refractivity contribution >= 4 is 5.69 Å². The molecule has 0 spiro atoms. The Morgan fingerprint density at radius 1 is 1.08 bits per heavy atom. The minimum atomic E-state index is 0.496. The van der Waals surface area contributed by atoms with Crippen molar-refractivity contribution in [3.8, 4) is 0 Å². The van der Waals surface area contributed by atoms with Crippen LogP contribution in [0.25, 0.3) is 0 Å². The summed E-state index contributed by atoms with van der Waals surface area (Å²) < 4.78 is 5.91. The molecular weight excluding hydrogens is 296 g/mol. The van der Waals surface area contributed by atoms with Gasteiger partial charge in [-0.1, -0.05) is 48.5 Å². The zero-order valence-corrected chi connectivity index (χ0v) is 14.2. The van der Waals surface area contributed by atoms with Crippen LogP contribution in [0.3, 0.4) is 0 Å². The van der Waals surface area contributed by atoms with Gasteiger partial charge in [-0.25, -0.2) is 4.98 Å². The summed E-state index contributed by atoms with van der Waals surface area (Å²) >= 11 is 0. The lowest BCUT2D eigenvalue weighted by atomic mass is 10.1. The van der Waals surface area contributed by atoms with E-state index in [2.05, 4.69) is 60.4 Å². The fraction of sp³-hybridized carbons (Fsp3) is 0.286. The van der Waals surface area contributed by atoms with Gasteiger partial charge in [0.15, 0.2) is 5.89 Å². The predicted octanol–water partition coefficient (Wildman–Crippen LogP) is 4.53. The lowest BCUT2D eigenvalue weighted by Crippen LogP contribution is -2.29. The Bertz CT molecular complexity index is 838. The molecule has 3 aromatic rings. The second kappa shape index (κ2) is 6.16. The maximum Gasteiger partial charge on any atom is 0.199 e. The fourth-order valence-corrected chi connectivity index (χ4v) is 3.51. The lowest BCUT2D eigenvalue weighted by Gasteiger charge is -2.24. The van der Waals surface area contributed by atoms with Gasteiger partial charge in [0.1, 0.15) is 11.5 Å². The quantitative estimate of drug-likeness (QED) is 0.708. The van der Waals surface area contributed by atoms with E-state index in [9.17, 15) is 0 Å². The monoisotopic (exact) mass is 318 g/mol. The van der Waals surface area contributed by atoms with Crippen molar-refractivity contribution in [2.45, 2.75) is 39.3 Å². The van der Waals surface area contributed by atoms with Crippen LogP contribution in [0.2, 0.25) is 0 Å². The molecule has 0 fully saturated rings. The molecule has 0 radical (unpaired) electrons. The van der Waals surface area contributed by atoms with Gasteiger partial charge in [0, 0.05) is 18.2 Å². The standard InChI is InChI=1S/C21H22N2O/c1-15-12-18-10-6-7-11-20(18)23(15)14-19-16(2)24-21(22-19)13-17-8-4-3-5-9-17/h3-11,15H,12-14H2,1-2H3. The Morgan fingerprint density at radius 3 is 2.67 bits per heavy atom. The highest BCUT2D eigenvalue weighted by molar-refractivity contribution is 5.59. The van der Waals surface area contributed by atoms with Crippen molar-refractivity contribution in [2.75, 3.05) is 4.90 Å². The Morgan fingerprint density at radius 2 is 1.83 bits per heavy atom. The Labute approximate surface area is 143 Å². The maximum absolute atomic E-state index is 5.91. The number of benzene rings is 2. The smallest absolute Gasteiger partial charge is 0.199 e. The van der Waals surface area contributed by atoms with Crippen LogP contribution in [-0.2, 0) is 19.4 Å². The Hall–Kier alpha value is -2.55. The largest absolute Gasteiger partial charge is 0.445 e. The highest BCUT2D eigenvalue weighted by Crippen LogP contribution is 2.33. The van der Waals surface area contributed by atoms with E-state index in [-0.39, 0.29) is 0 Å². The van der Waals surface area contributed by atoms with Gasteiger partial charge in [0.25, 0.3) is 0 Å².